The van der Waals surface area contributed by atoms with Crippen LogP contribution in [-0.4, -0.2) is 44.4 Å². The number of carbonyl (C=O) groups is 1. The molecule has 9 heteroatoms. The number of nitrogens with zero attached hydrogens (tertiary/aromatic N) is 1. The molecule has 0 saturated carbocycles. The molecule has 1 N–H and O–H groups in total. The van der Waals surface area contributed by atoms with Gasteiger partial charge in [0.15, 0.2) is 0 Å². The highest BCUT2D eigenvalue weighted by molar-refractivity contribution is 5.96. The van der Waals surface area contributed by atoms with Crippen molar-refractivity contribution < 1.29 is 31.8 Å². The molecular formula is C21H20F4N2O3. The zero-order valence-corrected chi connectivity index (χ0v) is 16.3. The Morgan fingerprint density at radius 2 is 1.87 bits per heavy atom. The van der Waals surface area contributed by atoms with E-state index in [1.54, 1.807) is 0 Å². The van der Waals surface area contributed by atoms with Crippen molar-refractivity contribution in [2.24, 2.45) is 0 Å². The molecule has 1 atom stereocenters. The molecule has 1 aliphatic rings. The second kappa shape index (κ2) is 8.74. The van der Waals surface area contributed by atoms with Crippen molar-refractivity contribution in [3.8, 4) is 11.5 Å². The number of carbonyl (C=O) groups excluding carboxylic acids is 1. The van der Waals surface area contributed by atoms with Crippen LogP contribution in [0.25, 0.3) is 0 Å². The van der Waals surface area contributed by atoms with Gasteiger partial charge in [0.05, 0.1) is 5.57 Å². The van der Waals surface area contributed by atoms with Crippen molar-refractivity contribution in [2.45, 2.75) is 12.3 Å². The van der Waals surface area contributed by atoms with Gasteiger partial charge in [0.25, 0.3) is 5.91 Å². The monoisotopic (exact) mass is 424 g/mol. The van der Waals surface area contributed by atoms with Gasteiger partial charge in [0, 0.05) is 24.6 Å². The number of hydrogen-bond acceptors (Lipinski definition) is 4. The lowest BCUT2D eigenvalue weighted by Gasteiger charge is -2.27. The second-order valence-electron chi connectivity index (χ2n) is 6.98. The maximum Gasteiger partial charge on any atom is 0.573 e. The molecule has 0 aromatic heterocycles. The summed E-state index contributed by atoms with van der Waals surface area (Å²) in [7, 11) is 3.71. The number of halogens is 4. The van der Waals surface area contributed by atoms with E-state index in [0.29, 0.717) is 24.2 Å². The summed E-state index contributed by atoms with van der Waals surface area (Å²) in [6.45, 7) is 0.963. The normalized spacial score (nSPS) is 15.8. The van der Waals surface area contributed by atoms with Crippen LogP contribution >= 0.6 is 0 Å². The number of fused-ring (bicyclic) bond motifs is 1. The van der Waals surface area contributed by atoms with Crippen LogP contribution in [0.1, 0.15) is 17.0 Å². The maximum atomic E-state index is 13.4. The third-order valence-corrected chi connectivity index (χ3v) is 4.46. The quantitative estimate of drug-likeness (QED) is 0.717. The van der Waals surface area contributed by atoms with Crippen LogP contribution in [-0.2, 0) is 4.79 Å². The number of rotatable bonds is 6. The molecule has 0 spiro atoms. The fraction of sp³-hybridized carbons (Fsp3) is 0.286. The molecule has 0 aliphatic carbocycles. The SMILES string of the molecule is CN(C)CCNC(=O)C1=COc2ccc(OC(F)(F)F)cc2C1c1ccc(F)cc1. The number of benzene rings is 2. The summed E-state index contributed by atoms with van der Waals surface area (Å²) < 4.78 is 61.0. The predicted octanol–water partition coefficient (Wildman–Crippen LogP) is 3.81. The van der Waals surface area contributed by atoms with Gasteiger partial charge in [-0.1, -0.05) is 12.1 Å². The van der Waals surface area contributed by atoms with Crippen LogP contribution in [0.4, 0.5) is 17.6 Å². The molecule has 2 aromatic rings. The molecule has 3 rings (SSSR count). The summed E-state index contributed by atoms with van der Waals surface area (Å²) >= 11 is 0. The van der Waals surface area contributed by atoms with Gasteiger partial charge in [-0.25, -0.2) is 4.39 Å². The molecule has 1 amide bonds. The first-order chi connectivity index (χ1) is 14.1. The molecule has 0 radical (unpaired) electrons. The minimum atomic E-state index is -4.86. The van der Waals surface area contributed by atoms with E-state index in [9.17, 15) is 22.4 Å². The molecule has 2 aromatic carbocycles. The Labute approximate surface area is 170 Å². The number of likely N-dealkylation sites (N-methyl/N-ethyl adjacent to an activating group) is 1. The summed E-state index contributed by atoms with van der Waals surface area (Å²) in [5, 5.41) is 2.76. The standard InChI is InChI=1S/C21H20F4N2O3/c1-27(2)10-9-26-20(28)17-12-29-18-8-7-15(30-21(23,24)25)11-16(18)19(17)13-3-5-14(22)6-4-13/h3-8,11-12,19H,9-10H2,1-2H3,(H,26,28). The molecule has 0 fully saturated rings. The van der Waals surface area contributed by atoms with Gasteiger partial charge in [0.2, 0.25) is 0 Å². The van der Waals surface area contributed by atoms with E-state index >= 15 is 0 Å². The molecular weight excluding hydrogens is 404 g/mol. The molecule has 5 nitrogen and oxygen atoms in total. The fourth-order valence-corrected chi connectivity index (χ4v) is 3.11. The number of hydrogen-bond donors (Lipinski definition) is 1. The van der Waals surface area contributed by atoms with Crippen LogP contribution in [0, 0.1) is 5.82 Å². The van der Waals surface area contributed by atoms with Gasteiger partial charge in [-0.2, -0.15) is 0 Å². The second-order valence-corrected chi connectivity index (χ2v) is 6.98. The first kappa shape index (κ1) is 21.6. The Kier molecular flexibility index (Phi) is 6.31. The Morgan fingerprint density at radius 3 is 2.50 bits per heavy atom. The van der Waals surface area contributed by atoms with Crippen LogP contribution in [0.5, 0.6) is 11.5 Å². The minimum absolute atomic E-state index is 0.192. The fourth-order valence-electron chi connectivity index (χ4n) is 3.11. The van der Waals surface area contributed by atoms with Crippen molar-refractivity contribution >= 4 is 5.91 Å². The van der Waals surface area contributed by atoms with Crippen molar-refractivity contribution in [1.82, 2.24) is 10.2 Å². The zero-order valence-electron chi connectivity index (χ0n) is 16.3. The van der Waals surface area contributed by atoms with E-state index < -0.39 is 29.8 Å². The van der Waals surface area contributed by atoms with E-state index in [4.69, 9.17) is 4.74 Å². The van der Waals surface area contributed by atoms with E-state index in [1.807, 2.05) is 19.0 Å². The van der Waals surface area contributed by atoms with Gasteiger partial charge in [-0.05, 0) is 50.0 Å². The largest absolute Gasteiger partial charge is 0.573 e. The smallest absolute Gasteiger partial charge is 0.464 e. The number of nitrogens with one attached hydrogen (secondary N) is 1. The van der Waals surface area contributed by atoms with Crippen LogP contribution < -0.4 is 14.8 Å². The highest BCUT2D eigenvalue weighted by atomic mass is 19.4. The Bertz CT molecular complexity index is 940. The maximum absolute atomic E-state index is 13.4. The molecule has 0 bridgehead atoms. The minimum Gasteiger partial charge on any atom is -0.464 e. The highest BCUT2D eigenvalue weighted by Crippen LogP contribution is 2.43. The summed E-state index contributed by atoms with van der Waals surface area (Å²) in [6.07, 6.45) is -3.59. The van der Waals surface area contributed by atoms with Gasteiger partial charge in [0.1, 0.15) is 23.6 Å². The number of amides is 1. The van der Waals surface area contributed by atoms with E-state index in [1.165, 1.54) is 42.7 Å². The van der Waals surface area contributed by atoms with Gasteiger partial charge < -0.3 is 19.7 Å². The first-order valence-electron chi connectivity index (χ1n) is 9.09. The molecule has 160 valence electrons. The topological polar surface area (TPSA) is 50.8 Å². The Hall–Kier alpha value is -3.07. The van der Waals surface area contributed by atoms with Crippen molar-refractivity contribution in [2.75, 3.05) is 27.2 Å². The molecule has 1 heterocycles. The Morgan fingerprint density at radius 1 is 1.17 bits per heavy atom. The predicted molar refractivity (Wildman–Crippen MR) is 102 cm³/mol. The summed E-state index contributed by atoms with van der Waals surface area (Å²) in [4.78, 5) is 14.7. The highest BCUT2D eigenvalue weighted by Gasteiger charge is 2.34. The molecule has 1 unspecified atom stereocenters. The van der Waals surface area contributed by atoms with E-state index in [2.05, 4.69) is 10.1 Å². The third-order valence-electron chi connectivity index (χ3n) is 4.46. The zero-order chi connectivity index (χ0) is 21.9. The lowest BCUT2D eigenvalue weighted by atomic mass is 9.83. The summed E-state index contributed by atoms with van der Waals surface area (Å²) in [5.41, 5.74) is 1.03. The van der Waals surface area contributed by atoms with Crippen molar-refractivity contribution in [1.29, 1.82) is 0 Å². The van der Waals surface area contributed by atoms with Crippen LogP contribution in [0.15, 0.2) is 54.3 Å². The molecule has 30 heavy (non-hydrogen) atoms. The average molecular weight is 424 g/mol. The van der Waals surface area contributed by atoms with E-state index in [0.717, 1.165) is 6.07 Å². The lowest BCUT2D eigenvalue weighted by Crippen LogP contribution is -2.34. The first-order valence-corrected chi connectivity index (χ1v) is 9.09. The van der Waals surface area contributed by atoms with Crippen LogP contribution in [0.3, 0.4) is 0 Å². The number of alkyl halides is 3. The lowest BCUT2D eigenvalue weighted by molar-refractivity contribution is -0.274. The van der Waals surface area contributed by atoms with E-state index in [-0.39, 0.29) is 11.3 Å². The van der Waals surface area contributed by atoms with Crippen molar-refractivity contribution in [3.63, 3.8) is 0 Å². The summed E-state index contributed by atoms with van der Waals surface area (Å²) in [5.74, 6) is -1.82. The van der Waals surface area contributed by atoms with Gasteiger partial charge >= 0.3 is 6.36 Å². The van der Waals surface area contributed by atoms with Crippen LogP contribution in [0.2, 0.25) is 0 Å². The van der Waals surface area contributed by atoms with Crippen molar-refractivity contribution in [3.05, 3.63) is 71.2 Å². The molecule has 0 saturated heterocycles. The van der Waals surface area contributed by atoms with Gasteiger partial charge in [-0.3, -0.25) is 4.79 Å². The summed E-state index contributed by atoms with van der Waals surface area (Å²) in [6, 6.07) is 9.05. The third kappa shape index (κ3) is 5.29. The molecule has 1 aliphatic heterocycles. The number of ether oxygens (including phenoxy) is 2. The van der Waals surface area contributed by atoms with Gasteiger partial charge in [-0.15, -0.1) is 13.2 Å². The Balaban J connectivity index is 1.98. The average Bonchev–Trinajstić information content (AvgIpc) is 2.66.